The van der Waals surface area contributed by atoms with Crippen molar-refractivity contribution in [3.05, 3.63) is 64.7 Å². The molecule has 7 nitrogen and oxygen atoms in total. The van der Waals surface area contributed by atoms with Gasteiger partial charge in [0.15, 0.2) is 27.0 Å². The summed E-state index contributed by atoms with van der Waals surface area (Å²) in [6, 6.07) is 12.7. The number of anilines is 1. The van der Waals surface area contributed by atoms with Gasteiger partial charge in [0.1, 0.15) is 0 Å². The van der Waals surface area contributed by atoms with Gasteiger partial charge in [0.05, 0.1) is 10.9 Å². The summed E-state index contributed by atoms with van der Waals surface area (Å²) in [6.45, 7) is 1.92. The minimum Gasteiger partial charge on any atom is -0.477 e. The first-order chi connectivity index (χ1) is 13.7. The van der Waals surface area contributed by atoms with E-state index >= 15 is 0 Å². The molecular formula is C20H19ClN2O5S. The summed E-state index contributed by atoms with van der Waals surface area (Å²) < 4.78 is 28.6. The number of carboxylic acids is 1. The van der Waals surface area contributed by atoms with E-state index < -0.39 is 15.8 Å². The molecule has 0 saturated carbocycles. The number of nitrogens with one attached hydrogen (secondary N) is 1. The molecule has 1 heterocycles. The average Bonchev–Trinajstić information content (AvgIpc) is 3.10. The lowest BCUT2D eigenvalue weighted by Crippen LogP contribution is -2.13. The lowest BCUT2D eigenvalue weighted by molar-refractivity contribution is 0.0698. The largest absolute Gasteiger partial charge is 0.477 e. The molecule has 0 bridgehead atoms. The maximum absolute atomic E-state index is 11.9. The third kappa shape index (κ3) is 4.60. The van der Waals surface area contributed by atoms with Crippen LogP contribution >= 0.6 is 11.6 Å². The summed E-state index contributed by atoms with van der Waals surface area (Å²) in [5.74, 6) is -0.957. The highest BCUT2D eigenvalue weighted by molar-refractivity contribution is 7.90. The van der Waals surface area contributed by atoms with Gasteiger partial charge in [0.25, 0.3) is 0 Å². The van der Waals surface area contributed by atoms with Gasteiger partial charge in [0.2, 0.25) is 0 Å². The molecule has 3 aromatic rings. The molecular weight excluding hydrogens is 416 g/mol. The van der Waals surface area contributed by atoms with Gasteiger partial charge in [-0.15, -0.1) is 0 Å². The Kier molecular flexibility index (Phi) is 5.95. The van der Waals surface area contributed by atoms with Crippen LogP contribution in [0.15, 0.2) is 57.9 Å². The minimum absolute atomic E-state index is 0.0847. The van der Waals surface area contributed by atoms with E-state index in [-0.39, 0.29) is 28.1 Å². The van der Waals surface area contributed by atoms with E-state index in [9.17, 15) is 18.3 Å². The van der Waals surface area contributed by atoms with Gasteiger partial charge < -0.3 is 14.9 Å². The first-order valence-corrected chi connectivity index (χ1v) is 11.0. The molecule has 0 amide bonds. The number of carboxylic acid groups (broad SMARTS) is 1. The molecule has 0 fully saturated rings. The van der Waals surface area contributed by atoms with Crippen LogP contribution in [0.2, 0.25) is 5.02 Å². The first kappa shape index (κ1) is 20.9. The third-order valence-corrected chi connectivity index (χ3v) is 5.82. The molecule has 29 heavy (non-hydrogen) atoms. The van der Waals surface area contributed by atoms with Gasteiger partial charge in [-0.2, -0.15) is 0 Å². The molecule has 9 heteroatoms. The maximum atomic E-state index is 11.9. The molecule has 3 rings (SSSR count). The van der Waals surface area contributed by atoms with Gasteiger partial charge in [-0.1, -0.05) is 35.8 Å². The van der Waals surface area contributed by atoms with Crippen LogP contribution in [-0.4, -0.2) is 30.9 Å². The number of nitrogens with zero attached hydrogens (tertiary/aromatic N) is 1. The van der Waals surface area contributed by atoms with E-state index in [0.29, 0.717) is 17.0 Å². The molecule has 2 N–H and O–H groups in total. The number of benzene rings is 2. The van der Waals surface area contributed by atoms with Crippen molar-refractivity contribution >= 4 is 33.2 Å². The smallest absolute Gasteiger partial charge is 0.343 e. The zero-order valence-corrected chi connectivity index (χ0v) is 17.3. The Hall–Kier alpha value is -2.84. The first-order valence-electron chi connectivity index (χ1n) is 8.76. The van der Waals surface area contributed by atoms with Crippen molar-refractivity contribution in [2.24, 2.45) is 0 Å². The highest BCUT2D eigenvalue weighted by Crippen LogP contribution is 2.33. The van der Waals surface area contributed by atoms with E-state index in [2.05, 4.69) is 10.5 Å². The molecule has 0 radical (unpaired) electrons. The maximum Gasteiger partial charge on any atom is 0.343 e. The summed E-state index contributed by atoms with van der Waals surface area (Å²) in [5.41, 5.74) is 1.25. The average molecular weight is 435 g/mol. The molecule has 0 aliphatic carbocycles. The second-order valence-electron chi connectivity index (χ2n) is 6.49. The Morgan fingerprint density at radius 3 is 2.31 bits per heavy atom. The molecule has 1 unspecified atom stereocenters. The zero-order valence-electron chi connectivity index (χ0n) is 15.7. The molecule has 0 aliphatic heterocycles. The summed E-state index contributed by atoms with van der Waals surface area (Å²) in [6.07, 6.45) is 1.75. The second-order valence-corrected chi connectivity index (χ2v) is 8.95. The highest BCUT2D eigenvalue weighted by Gasteiger charge is 2.25. The van der Waals surface area contributed by atoms with Crippen molar-refractivity contribution in [1.82, 2.24) is 5.16 Å². The Morgan fingerprint density at radius 2 is 1.79 bits per heavy atom. The van der Waals surface area contributed by atoms with Gasteiger partial charge in [-0.05, 0) is 48.4 Å². The lowest BCUT2D eigenvalue weighted by Gasteiger charge is -2.17. The van der Waals surface area contributed by atoms with E-state index in [1.165, 1.54) is 12.1 Å². The summed E-state index contributed by atoms with van der Waals surface area (Å²) in [5, 5.41) is 17.2. The molecule has 152 valence electrons. The van der Waals surface area contributed by atoms with E-state index in [1.54, 1.807) is 36.4 Å². The van der Waals surface area contributed by atoms with Crippen LogP contribution in [0.3, 0.4) is 0 Å². The molecule has 1 aromatic heterocycles. The van der Waals surface area contributed by atoms with Crippen LogP contribution in [0, 0.1) is 0 Å². The number of carbonyl (C=O) groups is 1. The number of aromatic nitrogens is 1. The summed E-state index contributed by atoms with van der Waals surface area (Å²) in [4.78, 5) is 12.1. The van der Waals surface area contributed by atoms with Crippen molar-refractivity contribution in [2.45, 2.75) is 24.3 Å². The molecule has 1 atom stereocenters. The van der Waals surface area contributed by atoms with Crippen molar-refractivity contribution < 1.29 is 22.8 Å². The predicted molar refractivity (Wildman–Crippen MR) is 110 cm³/mol. The second kappa shape index (κ2) is 8.26. The SMILES string of the molecule is CCC(Nc1noc(-c2ccc(Cl)cc2)c1C(=O)O)c1ccc(S(C)(=O)=O)cc1. The van der Waals surface area contributed by atoms with Crippen molar-refractivity contribution in [1.29, 1.82) is 0 Å². The number of sulfone groups is 1. The Balaban J connectivity index is 1.94. The van der Waals surface area contributed by atoms with Crippen molar-refractivity contribution in [3.8, 4) is 11.3 Å². The number of rotatable bonds is 7. The molecule has 0 spiro atoms. The quantitative estimate of drug-likeness (QED) is 0.556. The Labute approximate surface area is 173 Å². The lowest BCUT2D eigenvalue weighted by atomic mass is 10.0. The third-order valence-electron chi connectivity index (χ3n) is 4.44. The number of halogens is 1. The molecule has 0 aliphatic rings. The number of aromatic carboxylic acids is 1. The number of hydrogen-bond acceptors (Lipinski definition) is 6. The normalized spacial score (nSPS) is 12.5. The summed E-state index contributed by atoms with van der Waals surface area (Å²) >= 11 is 5.89. The van der Waals surface area contributed by atoms with Crippen LogP contribution in [0.25, 0.3) is 11.3 Å². The summed E-state index contributed by atoms with van der Waals surface area (Å²) in [7, 11) is -3.29. The molecule has 2 aromatic carbocycles. The van der Waals surface area contributed by atoms with Crippen LogP contribution in [0.5, 0.6) is 0 Å². The Morgan fingerprint density at radius 1 is 1.17 bits per heavy atom. The predicted octanol–water partition coefficient (Wildman–Crippen LogP) is 4.66. The fraction of sp³-hybridized carbons (Fsp3) is 0.200. The highest BCUT2D eigenvalue weighted by atomic mass is 35.5. The van der Waals surface area contributed by atoms with Gasteiger partial charge >= 0.3 is 5.97 Å². The Bertz CT molecular complexity index is 1120. The van der Waals surface area contributed by atoms with Crippen molar-refractivity contribution in [3.63, 3.8) is 0 Å². The van der Waals surface area contributed by atoms with E-state index in [0.717, 1.165) is 11.8 Å². The topological polar surface area (TPSA) is 110 Å². The van der Waals surface area contributed by atoms with Crippen LogP contribution < -0.4 is 5.32 Å². The van der Waals surface area contributed by atoms with E-state index in [4.69, 9.17) is 16.1 Å². The monoisotopic (exact) mass is 434 g/mol. The standard InChI is InChI=1S/C20H19ClN2O5S/c1-3-16(12-6-10-15(11-7-12)29(2,26)27)22-19-17(20(24)25)18(28-23-19)13-4-8-14(21)9-5-13/h4-11,16H,3H2,1-2H3,(H,22,23)(H,24,25). The van der Waals surface area contributed by atoms with Crippen LogP contribution in [0.1, 0.15) is 35.3 Å². The zero-order chi connectivity index (χ0) is 21.2. The fourth-order valence-electron chi connectivity index (χ4n) is 2.92. The van der Waals surface area contributed by atoms with Crippen molar-refractivity contribution in [2.75, 3.05) is 11.6 Å². The van der Waals surface area contributed by atoms with Gasteiger partial charge in [-0.3, -0.25) is 0 Å². The van der Waals surface area contributed by atoms with Crippen LogP contribution in [0.4, 0.5) is 5.82 Å². The van der Waals surface area contributed by atoms with E-state index in [1.807, 2.05) is 6.92 Å². The number of hydrogen-bond donors (Lipinski definition) is 2. The van der Waals surface area contributed by atoms with Gasteiger partial charge in [-0.25, -0.2) is 13.2 Å². The van der Waals surface area contributed by atoms with Gasteiger partial charge in [0, 0.05) is 16.8 Å². The fourth-order valence-corrected chi connectivity index (χ4v) is 3.68. The van der Waals surface area contributed by atoms with Crippen LogP contribution in [-0.2, 0) is 9.84 Å². The molecule has 0 saturated heterocycles. The minimum atomic E-state index is -3.29.